The van der Waals surface area contributed by atoms with E-state index in [1.165, 1.54) is 24.6 Å². The number of aromatic nitrogens is 3. The monoisotopic (exact) mass is 509 g/mol. The Morgan fingerprint density at radius 2 is 1.94 bits per heavy atom. The maximum Gasteiger partial charge on any atom is 0.408 e. The molecule has 4 rings (SSSR count). The smallest absolute Gasteiger partial charge is 0.338 e. The summed E-state index contributed by atoms with van der Waals surface area (Å²) in [6, 6.07) is 5.68. The van der Waals surface area contributed by atoms with Crippen molar-refractivity contribution in [1.82, 2.24) is 19.5 Å². The van der Waals surface area contributed by atoms with E-state index in [1.54, 1.807) is 32.2 Å². The molecule has 2 aromatic heterocycles. The molecule has 1 aromatic carbocycles. The molecule has 2 atom stereocenters. The lowest BCUT2D eigenvalue weighted by Gasteiger charge is -2.23. The van der Waals surface area contributed by atoms with E-state index >= 15 is 0 Å². The number of halogens is 3. The Bertz CT molecular complexity index is 1250. The highest BCUT2D eigenvalue weighted by Crippen LogP contribution is 2.36. The van der Waals surface area contributed by atoms with Crippen molar-refractivity contribution < 1.29 is 17.4 Å². The minimum absolute atomic E-state index is 0.0177. The van der Waals surface area contributed by atoms with Crippen molar-refractivity contribution in [1.29, 1.82) is 0 Å². The van der Waals surface area contributed by atoms with Gasteiger partial charge in [0.15, 0.2) is 5.82 Å². The van der Waals surface area contributed by atoms with Gasteiger partial charge in [0, 0.05) is 17.6 Å². The van der Waals surface area contributed by atoms with Crippen LogP contribution in [0.3, 0.4) is 0 Å². The zero-order valence-corrected chi connectivity index (χ0v) is 20.5. The van der Waals surface area contributed by atoms with Gasteiger partial charge in [-0.3, -0.25) is 9.48 Å². The summed E-state index contributed by atoms with van der Waals surface area (Å²) in [5.41, 5.74) is 0.650. The molecule has 1 aliphatic rings. The zero-order chi connectivity index (χ0) is 25.2. The van der Waals surface area contributed by atoms with Crippen molar-refractivity contribution in [2.24, 2.45) is 5.92 Å². The normalized spacial score (nSPS) is 17.1. The van der Waals surface area contributed by atoms with Crippen LogP contribution in [0.15, 0.2) is 41.3 Å². The predicted octanol–water partition coefficient (Wildman–Crippen LogP) is 5.49. The summed E-state index contributed by atoms with van der Waals surface area (Å²) in [6.45, 7) is 3.59. The summed E-state index contributed by atoms with van der Waals surface area (Å²) < 4.78 is 57.9. The lowest BCUT2D eigenvalue weighted by atomic mass is 9.95. The number of rotatable bonds is 8. The van der Waals surface area contributed by atoms with E-state index in [1.807, 2.05) is 4.68 Å². The van der Waals surface area contributed by atoms with Crippen LogP contribution in [-0.2, 0) is 11.0 Å². The molecule has 0 amide bonds. The van der Waals surface area contributed by atoms with Crippen LogP contribution in [0, 0.1) is 5.92 Å². The Morgan fingerprint density at radius 1 is 1.20 bits per heavy atom. The van der Waals surface area contributed by atoms with Crippen LogP contribution in [0.2, 0.25) is 0 Å². The van der Waals surface area contributed by atoms with E-state index in [0.717, 1.165) is 25.7 Å². The van der Waals surface area contributed by atoms with E-state index in [2.05, 4.69) is 20.1 Å². The average molecular weight is 510 g/mol. The van der Waals surface area contributed by atoms with Crippen molar-refractivity contribution in [3.63, 3.8) is 0 Å². The number of aromatic amines is 1. The average Bonchev–Trinajstić information content (AvgIpc) is 3.16. The molecule has 3 aromatic rings. The summed E-state index contributed by atoms with van der Waals surface area (Å²) in [7, 11) is -1.84. The van der Waals surface area contributed by atoms with E-state index < -0.39 is 23.2 Å². The maximum absolute atomic E-state index is 13.9. The first kappa shape index (κ1) is 25.4. The van der Waals surface area contributed by atoms with Crippen molar-refractivity contribution in [3.05, 3.63) is 52.4 Å². The molecule has 11 heteroatoms. The van der Waals surface area contributed by atoms with Gasteiger partial charge in [-0.05, 0) is 42.5 Å². The topological polar surface area (TPSA) is 91.8 Å². The summed E-state index contributed by atoms with van der Waals surface area (Å²) >= 11 is 0. The molecule has 0 saturated heterocycles. The number of pyridine rings is 1. The van der Waals surface area contributed by atoms with E-state index in [4.69, 9.17) is 0 Å². The van der Waals surface area contributed by atoms with Crippen molar-refractivity contribution in [3.8, 4) is 0 Å². The molecule has 1 aliphatic carbocycles. The van der Waals surface area contributed by atoms with Gasteiger partial charge in [-0.25, -0.2) is 8.93 Å². The highest BCUT2D eigenvalue weighted by atomic mass is 32.2. The van der Waals surface area contributed by atoms with Gasteiger partial charge in [0.1, 0.15) is 11.4 Å². The Balaban J connectivity index is 1.67. The molecule has 1 saturated carbocycles. The number of alkyl halides is 3. The minimum atomic E-state index is -4.64. The molecule has 0 aliphatic heterocycles. The molecule has 0 spiro atoms. The quantitative estimate of drug-likeness (QED) is 0.375. The molecule has 35 heavy (non-hydrogen) atoms. The van der Waals surface area contributed by atoms with Crippen LogP contribution >= 0.6 is 0 Å². The predicted molar refractivity (Wildman–Crippen MR) is 132 cm³/mol. The van der Waals surface area contributed by atoms with Crippen LogP contribution in [0.25, 0.3) is 10.9 Å². The van der Waals surface area contributed by atoms with Gasteiger partial charge in [-0.1, -0.05) is 45.2 Å². The SMILES string of the molecule is CC(C)CS(=O)N[C@@H](c1cccc(Nc2nn(C3CCCCC3)c3cc[nH]c(=O)c23)c1)C(F)(F)F. The number of benzene rings is 1. The Hall–Kier alpha value is -2.66. The third-order valence-corrected chi connectivity index (χ3v) is 7.56. The molecule has 0 radical (unpaired) electrons. The van der Waals surface area contributed by atoms with Gasteiger partial charge in [0.2, 0.25) is 0 Å². The fraction of sp³-hybridized carbons (Fsp3) is 0.500. The fourth-order valence-corrected chi connectivity index (χ4v) is 5.76. The number of nitrogens with zero attached hydrogens (tertiary/aromatic N) is 2. The second-order valence-electron chi connectivity index (χ2n) is 9.40. The standard InChI is InChI=1S/C24H30F3N5O2S/c1-15(2)14-35(34)31-21(24(25,26)27)16-7-6-8-17(13-16)29-22-20-19(11-12-28-23(20)33)32(30-22)18-9-4-3-5-10-18/h6-8,11-13,15,18,21,31H,3-5,9-10,14H2,1-2H3,(H,28,33)(H,29,30)/t21-,35?/m0/s1. The first-order valence-corrected chi connectivity index (χ1v) is 13.1. The molecule has 7 nitrogen and oxygen atoms in total. The molecule has 0 bridgehead atoms. The number of fused-ring (bicyclic) bond motifs is 1. The molecule has 3 N–H and O–H groups in total. The number of H-pyrrole nitrogens is 1. The summed E-state index contributed by atoms with van der Waals surface area (Å²) in [6.07, 6.45) is 2.21. The number of hydrogen-bond acceptors (Lipinski definition) is 4. The maximum atomic E-state index is 13.9. The number of hydrogen-bond donors (Lipinski definition) is 3. The van der Waals surface area contributed by atoms with Crippen LogP contribution in [0.5, 0.6) is 0 Å². The summed E-state index contributed by atoms with van der Waals surface area (Å²) in [5, 5.41) is 8.10. The molecule has 2 heterocycles. The Morgan fingerprint density at radius 3 is 2.63 bits per heavy atom. The summed E-state index contributed by atoms with van der Waals surface area (Å²) in [5.74, 6) is 0.387. The third kappa shape index (κ3) is 5.95. The van der Waals surface area contributed by atoms with Crippen molar-refractivity contribution in [2.75, 3.05) is 11.1 Å². The lowest BCUT2D eigenvalue weighted by Crippen LogP contribution is -2.36. The zero-order valence-electron chi connectivity index (χ0n) is 19.7. The highest BCUT2D eigenvalue weighted by Gasteiger charge is 2.42. The molecular formula is C24H30F3N5O2S. The van der Waals surface area contributed by atoms with Gasteiger partial charge in [-0.2, -0.15) is 18.3 Å². The van der Waals surface area contributed by atoms with Gasteiger partial charge in [-0.15, -0.1) is 0 Å². The number of anilines is 2. The Kier molecular flexibility index (Phi) is 7.65. The molecular weight excluding hydrogens is 479 g/mol. The van der Waals surface area contributed by atoms with Gasteiger partial charge >= 0.3 is 6.18 Å². The summed E-state index contributed by atoms with van der Waals surface area (Å²) in [4.78, 5) is 15.3. The largest absolute Gasteiger partial charge is 0.408 e. The molecule has 1 unspecified atom stereocenters. The first-order chi connectivity index (χ1) is 16.6. The second kappa shape index (κ2) is 10.5. The van der Waals surface area contributed by atoms with E-state index in [-0.39, 0.29) is 28.8 Å². The van der Waals surface area contributed by atoms with E-state index in [9.17, 15) is 22.2 Å². The van der Waals surface area contributed by atoms with Gasteiger partial charge < -0.3 is 10.3 Å². The highest BCUT2D eigenvalue weighted by molar-refractivity contribution is 7.83. The van der Waals surface area contributed by atoms with Crippen LogP contribution in [0.4, 0.5) is 24.7 Å². The third-order valence-electron chi connectivity index (χ3n) is 6.09. The number of nitrogens with one attached hydrogen (secondary N) is 3. The Labute approximate surface area is 204 Å². The second-order valence-corrected chi connectivity index (χ2v) is 10.7. The first-order valence-electron chi connectivity index (χ1n) is 11.8. The minimum Gasteiger partial charge on any atom is -0.338 e. The molecule has 1 fully saturated rings. The van der Waals surface area contributed by atoms with Crippen LogP contribution < -0.4 is 15.6 Å². The van der Waals surface area contributed by atoms with Crippen molar-refractivity contribution >= 4 is 33.4 Å². The van der Waals surface area contributed by atoms with Crippen LogP contribution in [0.1, 0.15) is 63.6 Å². The van der Waals surface area contributed by atoms with E-state index in [0.29, 0.717) is 22.4 Å². The van der Waals surface area contributed by atoms with Gasteiger partial charge in [0.05, 0.1) is 22.5 Å². The fourth-order valence-electron chi connectivity index (χ4n) is 4.53. The lowest BCUT2D eigenvalue weighted by molar-refractivity contribution is -0.152. The van der Waals surface area contributed by atoms with Gasteiger partial charge in [0.25, 0.3) is 5.56 Å². The van der Waals surface area contributed by atoms with Crippen molar-refractivity contribution in [2.45, 2.75) is 64.2 Å². The molecule has 190 valence electrons. The van der Waals surface area contributed by atoms with Crippen LogP contribution in [-0.4, -0.2) is 30.9 Å².